The summed E-state index contributed by atoms with van der Waals surface area (Å²) in [5, 5.41) is 0. The molecule has 40 heavy (non-hydrogen) atoms. The molecule has 2 fully saturated rings. The molecule has 4 nitrogen and oxygen atoms in total. The average molecular weight is 547 g/mol. The SMILES string of the molecule is CC(C)[C@H]1CC[C@H](C)C[C@H]1OC(=O)c1ccc(CCc2ccc(C(=O)O[C@H]3C[C@@H](C)CC[C@H]3C(C)C)cc2)cc1. The Bertz CT molecular complexity index is 1010. The fraction of sp³-hybridized carbons (Fsp3) is 0.611. The first-order valence-corrected chi connectivity index (χ1v) is 15.7. The van der Waals surface area contributed by atoms with Crippen molar-refractivity contribution in [2.75, 3.05) is 0 Å². The highest BCUT2D eigenvalue weighted by Crippen LogP contribution is 2.37. The van der Waals surface area contributed by atoms with Gasteiger partial charge in [-0.05, 0) is 109 Å². The number of esters is 2. The van der Waals surface area contributed by atoms with E-state index in [0.717, 1.165) is 38.5 Å². The van der Waals surface area contributed by atoms with Crippen LogP contribution >= 0.6 is 0 Å². The fourth-order valence-corrected chi connectivity index (χ4v) is 6.82. The molecule has 2 aliphatic carbocycles. The summed E-state index contributed by atoms with van der Waals surface area (Å²) in [7, 11) is 0. The maximum absolute atomic E-state index is 12.9. The topological polar surface area (TPSA) is 52.6 Å². The van der Waals surface area contributed by atoms with Crippen molar-refractivity contribution in [2.45, 2.75) is 105 Å². The second-order valence-corrected chi connectivity index (χ2v) is 13.4. The van der Waals surface area contributed by atoms with Crippen LogP contribution in [0.1, 0.15) is 112 Å². The Balaban J connectivity index is 1.28. The minimum absolute atomic E-state index is 0.0130. The smallest absolute Gasteiger partial charge is 0.338 e. The highest BCUT2D eigenvalue weighted by atomic mass is 16.5. The van der Waals surface area contributed by atoms with Crippen LogP contribution in [0.4, 0.5) is 0 Å². The standard InChI is InChI=1S/C36H50O4/c1-23(2)31-19-7-25(5)21-33(31)39-35(37)29-15-11-27(12-16-29)9-10-28-13-17-30(18-14-28)36(38)40-34-22-26(6)8-20-32(34)24(3)4/h11-18,23-26,31-34H,7-10,19-22H2,1-6H3/t25-,26-,31-,32+,33-,34+/m0/s1. The van der Waals surface area contributed by atoms with Crippen LogP contribution in [-0.4, -0.2) is 24.1 Å². The molecule has 0 saturated heterocycles. The molecule has 6 atom stereocenters. The normalized spacial score (nSPS) is 27.0. The Labute approximate surface area is 242 Å². The molecule has 0 spiro atoms. The zero-order valence-corrected chi connectivity index (χ0v) is 25.5. The van der Waals surface area contributed by atoms with Crippen molar-refractivity contribution in [1.29, 1.82) is 0 Å². The molecule has 218 valence electrons. The third kappa shape index (κ3) is 7.98. The second kappa shape index (κ2) is 13.8. The monoisotopic (exact) mass is 546 g/mol. The molecule has 0 amide bonds. The van der Waals surface area contributed by atoms with Crippen LogP contribution in [0.5, 0.6) is 0 Å². The number of carbonyl (C=O) groups excluding carboxylic acids is 2. The van der Waals surface area contributed by atoms with Crippen molar-refractivity contribution in [3.63, 3.8) is 0 Å². The highest BCUT2D eigenvalue weighted by Gasteiger charge is 2.34. The lowest BCUT2D eigenvalue weighted by molar-refractivity contribution is -0.0181. The van der Waals surface area contributed by atoms with Gasteiger partial charge in [-0.25, -0.2) is 9.59 Å². The van der Waals surface area contributed by atoms with E-state index in [4.69, 9.17) is 9.47 Å². The zero-order valence-electron chi connectivity index (χ0n) is 25.5. The largest absolute Gasteiger partial charge is 0.458 e. The predicted octanol–water partition coefficient (Wildman–Crippen LogP) is 8.71. The van der Waals surface area contributed by atoms with Crippen molar-refractivity contribution in [3.8, 4) is 0 Å². The first-order chi connectivity index (χ1) is 19.1. The van der Waals surface area contributed by atoms with Gasteiger partial charge in [0, 0.05) is 0 Å². The van der Waals surface area contributed by atoms with Gasteiger partial charge in [0.15, 0.2) is 0 Å². The molecule has 0 unspecified atom stereocenters. The van der Waals surface area contributed by atoms with Crippen LogP contribution in [0, 0.1) is 35.5 Å². The van der Waals surface area contributed by atoms with Gasteiger partial charge in [-0.1, -0.05) is 78.6 Å². The Morgan fingerprint density at radius 2 is 0.975 bits per heavy atom. The van der Waals surface area contributed by atoms with Crippen molar-refractivity contribution in [3.05, 3.63) is 70.8 Å². The minimum Gasteiger partial charge on any atom is -0.458 e. The molecule has 4 heteroatoms. The summed E-state index contributed by atoms with van der Waals surface area (Å²) in [6, 6.07) is 15.7. The Kier molecular flexibility index (Phi) is 10.5. The third-order valence-electron chi connectivity index (χ3n) is 9.52. The van der Waals surface area contributed by atoms with E-state index in [2.05, 4.69) is 41.5 Å². The van der Waals surface area contributed by atoms with Crippen molar-refractivity contribution >= 4 is 11.9 Å². The van der Waals surface area contributed by atoms with Gasteiger partial charge >= 0.3 is 11.9 Å². The van der Waals surface area contributed by atoms with Crippen LogP contribution in [0.15, 0.2) is 48.5 Å². The van der Waals surface area contributed by atoms with Crippen LogP contribution in [0.2, 0.25) is 0 Å². The summed E-state index contributed by atoms with van der Waals surface area (Å²) in [6.45, 7) is 13.4. The van der Waals surface area contributed by atoms with E-state index in [1.807, 2.05) is 48.5 Å². The molecule has 0 radical (unpaired) electrons. The average Bonchev–Trinajstić information content (AvgIpc) is 2.92. The van der Waals surface area contributed by atoms with Gasteiger partial charge in [0.2, 0.25) is 0 Å². The number of benzene rings is 2. The summed E-state index contributed by atoms with van der Waals surface area (Å²) in [5.41, 5.74) is 3.61. The Hall–Kier alpha value is -2.62. The number of hydrogen-bond acceptors (Lipinski definition) is 4. The molecule has 4 rings (SSSR count). The molecule has 2 saturated carbocycles. The molecule has 2 aromatic carbocycles. The lowest BCUT2D eigenvalue weighted by Gasteiger charge is -2.36. The number of rotatable bonds is 9. The predicted molar refractivity (Wildman–Crippen MR) is 161 cm³/mol. The highest BCUT2D eigenvalue weighted by molar-refractivity contribution is 5.90. The Morgan fingerprint density at radius 1 is 0.625 bits per heavy atom. The molecular weight excluding hydrogens is 496 g/mol. The minimum atomic E-state index is -0.207. The van der Waals surface area contributed by atoms with Crippen molar-refractivity contribution in [2.24, 2.45) is 35.5 Å². The van der Waals surface area contributed by atoms with E-state index in [9.17, 15) is 9.59 Å². The third-order valence-corrected chi connectivity index (χ3v) is 9.52. The van der Waals surface area contributed by atoms with E-state index in [-0.39, 0.29) is 24.1 Å². The van der Waals surface area contributed by atoms with E-state index in [0.29, 0.717) is 46.6 Å². The lowest BCUT2D eigenvalue weighted by atomic mass is 9.75. The molecule has 2 aliphatic rings. The van der Waals surface area contributed by atoms with Gasteiger partial charge in [-0.2, -0.15) is 0 Å². The quantitative estimate of drug-likeness (QED) is 0.295. The molecule has 0 aliphatic heterocycles. The van der Waals surface area contributed by atoms with Gasteiger partial charge in [0.25, 0.3) is 0 Å². The van der Waals surface area contributed by atoms with E-state index in [1.165, 1.54) is 24.0 Å². The summed E-state index contributed by atoms with van der Waals surface area (Å²) >= 11 is 0. The van der Waals surface area contributed by atoms with Gasteiger partial charge in [-0.15, -0.1) is 0 Å². The van der Waals surface area contributed by atoms with E-state index < -0.39 is 0 Å². The van der Waals surface area contributed by atoms with Gasteiger partial charge in [0.05, 0.1) is 11.1 Å². The molecule has 0 aromatic heterocycles. The first kappa shape index (κ1) is 30.3. The van der Waals surface area contributed by atoms with Gasteiger partial charge in [-0.3, -0.25) is 0 Å². The molecule has 2 aromatic rings. The van der Waals surface area contributed by atoms with Crippen molar-refractivity contribution in [1.82, 2.24) is 0 Å². The van der Waals surface area contributed by atoms with Crippen LogP contribution < -0.4 is 0 Å². The number of ether oxygens (including phenoxy) is 2. The summed E-state index contributed by atoms with van der Waals surface area (Å²) in [4.78, 5) is 25.8. The summed E-state index contributed by atoms with van der Waals surface area (Å²) in [6.07, 6.45) is 8.39. The molecule has 0 bridgehead atoms. The number of carbonyl (C=O) groups is 2. The van der Waals surface area contributed by atoms with Crippen LogP contribution in [0.3, 0.4) is 0 Å². The Morgan fingerprint density at radius 3 is 1.30 bits per heavy atom. The lowest BCUT2D eigenvalue weighted by Crippen LogP contribution is -2.35. The molecule has 0 N–H and O–H groups in total. The second-order valence-electron chi connectivity index (χ2n) is 13.4. The first-order valence-electron chi connectivity index (χ1n) is 15.7. The number of hydrogen-bond donors (Lipinski definition) is 0. The summed E-state index contributed by atoms with van der Waals surface area (Å²) < 4.78 is 12.0. The summed E-state index contributed by atoms with van der Waals surface area (Å²) in [5.74, 6) is 2.72. The zero-order chi connectivity index (χ0) is 28.8. The van der Waals surface area contributed by atoms with Crippen molar-refractivity contribution < 1.29 is 19.1 Å². The van der Waals surface area contributed by atoms with Crippen LogP contribution in [-0.2, 0) is 22.3 Å². The number of aryl methyl sites for hydroxylation is 2. The van der Waals surface area contributed by atoms with E-state index in [1.54, 1.807) is 0 Å². The molecule has 0 heterocycles. The fourth-order valence-electron chi connectivity index (χ4n) is 6.82. The maximum Gasteiger partial charge on any atom is 0.338 e. The van der Waals surface area contributed by atoms with E-state index >= 15 is 0 Å². The van der Waals surface area contributed by atoms with Gasteiger partial charge < -0.3 is 9.47 Å². The molecular formula is C36H50O4. The van der Waals surface area contributed by atoms with Gasteiger partial charge in [0.1, 0.15) is 12.2 Å². The van der Waals surface area contributed by atoms with Crippen LogP contribution in [0.25, 0.3) is 0 Å². The maximum atomic E-state index is 12.9.